The Balaban J connectivity index is 0.00000109. The summed E-state index contributed by atoms with van der Waals surface area (Å²) in [5, 5.41) is 3.55. The molecule has 1 spiro atoms. The van der Waals surface area contributed by atoms with Gasteiger partial charge in [0.05, 0.1) is 6.54 Å². The highest BCUT2D eigenvalue weighted by molar-refractivity contribution is 5.83. The van der Waals surface area contributed by atoms with Crippen LogP contribution in [-0.4, -0.2) is 74.1 Å². The van der Waals surface area contributed by atoms with Crippen LogP contribution in [-0.2, 0) is 0 Å². The van der Waals surface area contributed by atoms with E-state index in [1.165, 1.54) is 123 Å². The highest BCUT2D eigenvalue weighted by Crippen LogP contribution is 2.54. The predicted molar refractivity (Wildman–Crippen MR) is 207 cm³/mol. The molecule has 4 heteroatoms. The molecule has 1 N–H and O–H groups in total. The number of piperidine rings is 1. The van der Waals surface area contributed by atoms with Crippen LogP contribution >= 0.6 is 0 Å². The molecule has 0 amide bonds. The minimum Gasteiger partial charge on any atom is -0.385 e. The van der Waals surface area contributed by atoms with Crippen LogP contribution in [0.3, 0.4) is 0 Å². The zero-order chi connectivity index (χ0) is 34.3. The van der Waals surface area contributed by atoms with E-state index in [4.69, 9.17) is 0 Å². The van der Waals surface area contributed by atoms with Crippen LogP contribution in [0, 0.1) is 18.3 Å². The summed E-state index contributed by atoms with van der Waals surface area (Å²) in [5.41, 5.74) is 13.0. The molecule has 0 unspecified atom stereocenters. The lowest BCUT2D eigenvalue weighted by Crippen LogP contribution is -2.58. The first-order valence-electron chi connectivity index (χ1n) is 19.2. The van der Waals surface area contributed by atoms with E-state index < -0.39 is 0 Å². The molecule has 1 aliphatic carbocycles. The van der Waals surface area contributed by atoms with E-state index in [0.29, 0.717) is 11.3 Å². The molecule has 4 fully saturated rings. The van der Waals surface area contributed by atoms with Crippen LogP contribution in [0.25, 0.3) is 5.57 Å². The van der Waals surface area contributed by atoms with E-state index >= 15 is 0 Å². The van der Waals surface area contributed by atoms with Gasteiger partial charge >= 0.3 is 0 Å². The van der Waals surface area contributed by atoms with Gasteiger partial charge in [-0.15, -0.1) is 0 Å². The van der Waals surface area contributed by atoms with Crippen molar-refractivity contribution in [1.82, 2.24) is 20.0 Å². The van der Waals surface area contributed by atoms with Gasteiger partial charge in [-0.1, -0.05) is 107 Å². The number of nitrogens with one attached hydrogen (secondary N) is 1. The second-order valence-corrected chi connectivity index (χ2v) is 14.9. The lowest BCUT2D eigenvalue weighted by molar-refractivity contribution is -0.0106. The number of allylic oxidation sites excluding steroid dienone is 4. The summed E-state index contributed by atoms with van der Waals surface area (Å²) in [7, 11) is 2.25. The van der Waals surface area contributed by atoms with Gasteiger partial charge in [0, 0.05) is 56.0 Å². The monoisotopic (exact) mass is 649 g/mol. The largest absolute Gasteiger partial charge is 0.385 e. The summed E-state index contributed by atoms with van der Waals surface area (Å²) in [4.78, 5) is 7.73. The van der Waals surface area contributed by atoms with Gasteiger partial charge in [-0.05, 0) is 105 Å². The fourth-order valence-electron chi connectivity index (χ4n) is 8.60. The molecular weight excluding hydrogens is 585 g/mol. The second kappa shape index (κ2) is 16.5. The second-order valence-electron chi connectivity index (χ2n) is 14.9. The maximum absolute atomic E-state index is 4.55. The van der Waals surface area contributed by atoms with Gasteiger partial charge in [0.1, 0.15) is 0 Å². The van der Waals surface area contributed by atoms with E-state index in [1.807, 2.05) is 27.7 Å². The molecule has 1 atom stereocenters. The summed E-state index contributed by atoms with van der Waals surface area (Å²) in [6.45, 7) is 26.8. The lowest BCUT2D eigenvalue weighted by Gasteiger charge is -2.56. The molecule has 0 radical (unpaired) electrons. The Morgan fingerprint density at radius 1 is 0.896 bits per heavy atom. The van der Waals surface area contributed by atoms with Crippen LogP contribution in [0.15, 0.2) is 89.8 Å². The zero-order valence-corrected chi connectivity index (χ0v) is 31.4. The van der Waals surface area contributed by atoms with Gasteiger partial charge in [0.25, 0.3) is 0 Å². The van der Waals surface area contributed by atoms with Crippen LogP contribution in [0.2, 0.25) is 0 Å². The van der Waals surface area contributed by atoms with Crippen LogP contribution in [0.5, 0.6) is 0 Å². The quantitative estimate of drug-likeness (QED) is 0.292. The number of aryl methyl sites for hydroxylation is 1. The molecule has 1 saturated carbocycles. The number of hydrogen-bond donors (Lipinski definition) is 1. The van der Waals surface area contributed by atoms with Crippen molar-refractivity contribution in [3.05, 3.63) is 112 Å². The standard InChI is InChI=1S/C40H52N4.2C2H6/c1-29-8-10-34(11-9-29)39(37-20-40(21-37)27-42(4)28-40)35-14-12-33(13-15-35)30(2)18-31(3)36-19-38(23-41-22-36)44-25-32(26-44)24-43-16-6-5-7-17-43;2*1-2/h8-15,19,22,30,32,41H,3,5-7,16-18,20-21,23-28H2,1-2,4H3;2*1-2H3/t30-;;/m0../s1. The van der Waals surface area contributed by atoms with Gasteiger partial charge in [-0.25, -0.2) is 0 Å². The van der Waals surface area contributed by atoms with Crippen molar-refractivity contribution < 1.29 is 0 Å². The molecular formula is C44H64N4. The van der Waals surface area contributed by atoms with Gasteiger partial charge in [0.15, 0.2) is 0 Å². The first-order chi connectivity index (χ1) is 23.3. The van der Waals surface area contributed by atoms with E-state index in [2.05, 4.69) is 108 Å². The Kier molecular flexibility index (Phi) is 12.5. The van der Waals surface area contributed by atoms with Crippen molar-refractivity contribution in [3.8, 4) is 0 Å². The topological polar surface area (TPSA) is 21.8 Å². The summed E-state index contributed by atoms with van der Waals surface area (Å²) in [6.07, 6.45) is 12.2. The first kappa shape index (κ1) is 36.2. The SMILES string of the molecule is C=C(C[C@H](C)c1ccc(C(=C2CC3(C2)CN(C)C3)c2ccc(C)cc2)cc1)C1=CNCC(N2CC(CN3CCCCC3)C2)=C1.CC.CC. The van der Waals surface area contributed by atoms with E-state index in [1.54, 1.807) is 5.57 Å². The molecule has 2 aromatic rings. The number of benzene rings is 2. The molecule has 7 rings (SSSR count). The Morgan fingerprint density at radius 2 is 1.50 bits per heavy atom. The Labute approximate surface area is 293 Å². The molecule has 48 heavy (non-hydrogen) atoms. The van der Waals surface area contributed by atoms with Crippen molar-refractivity contribution >= 4 is 5.57 Å². The van der Waals surface area contributed by atoms with Gasteiger partial charge in [0.2, 0.25) is 0 Å². The highest BCUT2D eigenvalue weighted by Gasteiger charge is 2.49. The molecule has 2 aromatic carbocycles. The zero-order valence-electron chi connectivity index (χ0n) is 31.4. The molecule has 3 saturated heterocycles. The van der Waals surface area contributed by atoms with Crippen molar-refractivity contribution in [2.75, 3.05) is 59.4 Å². The minimum absolute atomic E-state index is 0.419. The Morgan fingerprint density at radius 3 is 2.10 bits per heavy atom. The van der Waals surface area contributed by atoms with Crippen molar-refractivity contribution in [2.45, 2.75) is 86.0 Å². The smallest absolute Gasteiger partial charge is 0.0544 e. The number of likely N-dealkylation sites (tertiary alicyclic amines) is 3. The van der Waals surface area contributed by atoms with E-state index in [0.717, 1.165) is 18.9 Å². The first-order valence-corrected chi connectivity index (χ1v) is 19.2. The highest BCUT2D eigenvalue weighted by atomic mass is 15.2. The average Bonchev–Trinajstić information content (AvgIpc) is 3.08. The minimum atomic E-state index is 0.419. The maximum Gasteiger partial charge on any atom is 0.0544 e. The third-order valence-corrected chi connectivity index (χ3v) is 11.0. The number of hydrogen-bond acceptors (Lipinski definition) is 4. The average molecular weight is 649 g/mol. The Bertz CT molecular complexity index is 1430. The maximum atomic E-state index is 4.55. The summed E-state index contributed by atoms with van der Waals surface area (Å²) in [5.74, 6) is 1.24. The summed E-state index contributed by atoms with van der Waals surface area (Å²) in [6, 6.07) is 18.6. The summed E-state index contributed by atoms with van der Waals surface area (Å²) < 4.78 is 0. The lowest BCUT2D eigenvalue weighted by atomic mass is 9.59. The number of dihydropyridines is 1. The predicted octanol–water partition coefficient (Wildman–Crippen LogP) is 9.41. The Hall–Kier alpha value is -3.08. The van der Waals surface area contributed by atoms with Gasteiger partial charge in [-0.2, -0.15) is 0 Å². The third-order valence-electron chi connectivity index (χ3n) is 11.0. The van der Waals surface area contributed by atoms with E-state index in [9.17, 15) is 0 Å². The fraction of sp³-hybridized carbons (Fsp3) is 0.545. The van der Waals surface area contributed by atoms with Crippen molar-refractivity contribution in [1.29, 1.82) is 0 Å². The molecule has 0 aromatic heterocycles. The van der Waals surface area contributed by atoms with Crippen molar-refractivity contribution in [3.63, 3.8) is 0 Å². The number of rotatable bonds is 9. The fourth-order valence-corrected chi connectivity index (χ4v) is 8.60. The molecule has 4 heterocycles. The molecule has 260 valence electrons. The van der Waals surface area contributed by atoms with Gasteiger partial charge in [-0.3, -0.25) is 0 Å². The van der Waals surface area contributed by atoms with E-state index in [-0.39, 0.29) is 0 Å². The third kappa shape index (κ3) is 8.37. The number of nitrogens with zero attached hydrogens (tertiary/aromatic N) is 3. The van der Waals surface area contributed by atoms with Crippen LogP contribution in [0.1, 0.15) is 101 Å². The van der Waals surface area contributed by atoms with Crippen molar-refractivity contribution in [2.24, 2.45) is 11.3 Å². The molecule has 4 aliphatic heterocycles. The molecule has 0 bridgehead atoms. The van der Waals surface area contributed by atoms with Gasteiger partial charge < -0.3 is 20.0 Å². The molecule has 4 nitrogen and oxygen atoms in total. The summed E-state index contributed by atoms with van der Waals surface area (Å²) >= 11 is 0. The van der Waals surface area contributed by atoms with Crippen LogP contribution in [0.4, 0.5) is 0 Å². The normalized spacial score (nSPS) is 21.1. The van der Waals surface area contributed by atoms with Crippen LogP contribution < -0.4 is 5.32 Å². The molecule has 5 aliphatic rings.